The Hall–Kier alpha value is -1.26. The van der Waals surface area contributed by atoms with Gasteiger partial charge in [-0.1, -0.05) is 20.8 Å². The van der Waals surface area contributed by atoms with Gasteiger partial charge in [0, 0.05) is 18.6 Å². The van der Waals surface area contributed by atoms with Crippen LogP contribution in [0.4, 0.5) is 4.79 Å². The van der Waals surface area contributed by atoms with E-state index in [2.05, 4.69) is 13.8 Å². The van der Waals surface area contributed by atoms with Crippen LogP contribution in [0.1, 0.15) is 47.0 Å². The lowest BCUT2D eigenvalue weighted by molar-refractivity contribution is -0.138. The third-order valence-corrected chi connectivity index (χ3v) is 3.47. The minimum atomic E-state index is -0.950. The monoisotopic (exact) mass is 270 g/mol. The minimum absolute atomic E-state index is 0.0444. The lowest BCUT2D eigenvalue weighted by atomic mass is 10.2. The molecule has 1 unspecified atom stereocenters. The van der Waals surface area contributed by atoms with E-state index < -0.39 is 5.97 Å². The van der Waals surface area contributed by atoms with Gasteiger partial charge in [0.25, 0.3) is 0 Å². The molecule has 1 N–H and O–H groups in total. The second kappa shape index (κ2) is 6.78. The minimum Gasteiger partial charge on any atom is -0.480 e. The fraction of sp³-hybridized carbons (Fsp3) is 0.857. The zero-order chi connectivity index (χ0) is 14.6. The summed E-state index contributed by atoms with van der Waals surface area (Å²) in [7, 11) is 0. The number of hydrogen-bond donors (Lipinski definition) is 1. The number of nitrogens with zero attached hydrogens (tertiary/aromatic N) is 2. The highest BCUT2D eigenvalue weighted by molar-refractivity contribution is 5.81. The van der Waals surface area contributed by atoms with Crippen molar-refractivity contribution in [2.24, 2.45) is 5.92 Å². The third kappa shape index (κ3) is 4.73. The molecule has 5 heteroatoms. The van der Waals surface area contributed by atoms with Crippen LogP contribution in [0.5, 0.6) is 0 Å². The molecule has 0 bridgehead atoms. The summed E-state index contributed by atoms with van der Waals surface area (Å²) in [5, 5.41) is 8.98. The lowest BCUT2D eigenvalue weighted by Gasteiger charge is -2.34. The normalized spacial score (nSPS) is 16.3. The molecule has 0 saturated heterocycles. The molecule has 1 fully saturated rings. The van der Waals surface area contributed by atoms with E-state index in [1.807, 2.05) is 18.7 Å². The first-order valence-corrected chi connectivity index (χ1v) is 7.15. The van der Waals surface area contributed by atoms with Crippen LogP contribution in [0.2, 0.25) is 0 Å². The van der Waals surface area contributed by atoms with E-state index in [0.29, 0.717) is 18.5 Å². The molecule has 0 aromatic carbocycles. The largest absolute Gasteiger partial charge is 0.480 e. The van der Waals surface area contributed by atoms with Crippen LogP contribution >= 0.6 is 0 Å². The second-order valence-corrected chi connectivity index (χ2v) is 5.84. The van der Waals surface area contributed by atoms with Crippen molar-refractivity contribution in [3.63, 3.8) is 0 Å². The van der Waals surface area contributed by atoms with Gasteiger partial charge in [-0.15, -0.1) is 0 Å². The van der Waals surface area contributed by atoms with Gasteiger partial charge in [0.05, 0.1) is 0 Å². The first-order chi connectivity index (χ1) is 8.86. The number of carbonyl (C=O) groups is 2. The zero-order valence-corrected chi connectivity index (χ0v) is 12.4. The van der Waals surface area contributed by atoms with Gasteiger partial charge >= 0.3 is 12.0 Å². The summed E-state index contributed by atoms with van der Waals surface area (Å²) in [6.45, 7) is 8.52. The average molecular weight is 270 g/mol. The number of carboxylic acids is 1. The van der Waals surface area contributed by atoms with Crippen LogP contribution < -0.4 is 0 Å². The molecule has 0 aliphatic heterocycles. The fourth-order valence-electron chi connectivity index (χ4n) is 2.11. The molecule has 110 valence electrons. The Bertz CT molecular complexity index is 327. The predicted octanol–water partition coefficient (Wildman–Crippen LogP) is 2.41. The van der Waals surface area contributed by atoms with E-state index in [1.165, 1.54) is 4.90 Å². The third-order valence-electron chi connectivity index (χ3n) is 3.47. The summed E-state index contributed by atoms with van der Waals surface area (Å²) in [5.74, 6) is -0.554. The predicted molar refractivity (Wildman–Crippen MR) is 74.1 cm³/mol. The first kappa shape index (κ1) is 15.8. The molecule has 0 radical (unpaired) electrons. The Balaban J connectivity index is 2.79. The molecule has 1 rings (SSSR count). The number of hydrogen-bond acceptors (Lipinski definition) is 2. The van der Waals surface area contributed by atoms with Crippen LogP contribution in [0.3, 0.4) is 0 Å². The van der Waals surface area contributed by atoms with Crippen molar-refractivity contribution < 1.29 is 14.7 Å². The van der Waals surface area contributed by atoms with Crippen LogP contribution in [-0.4, -0.2) is 52.1 Å². The summed E-state index contributed by atoms with van der Waals surface area (Å²) >= 11 is 0. The van der Waals surface area contributed by atoms with E-state index in [4.69, 9.17) is 5.11 Å². The molecule has 19 heavy (non-hydrogen) atoms. The molecule has 1 aliphatic rings. The van der Waals surface area contributed by atoms with Crippen LogP contribution in [0.25, 0.3) is 0 Å². The molecule has 0 aromatic heterocycles. The van der Waals surface area contributed by atoms with Gasteiger partial charge in [-0.3, -0.25) is 4.79 Å². The highest BCUT2D eigenvalue weighted by atomic mass is 16.4. The van der Waals surface area contributed by atoms with Crippen molar-refractivity contribution >= 4 is 12.0 Å². The van der Waals surface area contributed by atoms with Crippen LogP contribution in [-0.2, 0) is 4.79 Å². The summed E-state index contributed by atoms with van der Waals surface area (Å²) in [4.78, 5) is 26.9. The standard InChI is InChI=1S/C14H26N2O3/c1-5-11(4)15(9-13(17)18)14(19)16(8-10(2)3)12-6-7-12/h10-12H,5-9H2,1-4H3,(H,17,18). The van der Waals surface area contributed by atoms with Crippen molar-refractivity contribution in [1.29, 1.82) is 0 Å². The molecule has 0 aromatic rings. The van der Waals surface area contributed by atoms with E-state index in [-0.39, 0.29) is 18.6 Å². The number of rotatable bonds is 7. The number of urea groups is 1. The van der Waals surface area contributed by atoms with E-state index in [0.717, 1.165) is 19.3 Å². The molecule has 0 heterocycles. The van der Waals surface area contributed by atoms with Crippen molar-refractivity contribution in [1.82, 2.24) is 9.80 Å². The topological polar surface area (TPSA) is 60.9 Å². The van der Waals surface area contributed by atoms with E-state index >= 15 is 0 Å². The lowest BCUT2D eigenvalue weighted by Crippen LogP contribution is -2.50. The van der Waals surface area contributed by atoms with Crippen LogP contribution in [0.15, 0.2) is 0 Å². The van der Waals surface area contributed by atoms with Gasteiger partial charge in [0.1, 0.15) is 6.54 Å². The maximum atomic E-state index is 12.6. The second-order valence-electron chi connectivity index (χ2n) is 5.84. The fourth-order valence-corrected chi connectivity index (χ4v) is 2.11. The molecular formula is C14H26N2O3. The molecule has 1 aliphatic carbocycles. The smallest absolute Gasteiger partial charge is 0.323 e. The summed E-state index contributed by atoms with van der Waals surface area (Å²) in [6.07, 6.45) is 2.85. The molecule has 2 amide bonds. The quantitative estimate of drug-likeness (QED) is 0.772. The highest BCUT2D eigenvalue weighted by Gasteiger charge is 2.36. The van der Waals surface area contributed by atoms with Gasteiger partial charge in [0.15, 0.2) is 0 Å². The van der Waals surface area contributed by atoms with Gasteiger partial charge in [0.2, 0.25) is 0 Å². The Kier molecular flexibility index (Phi) is 5.63. The Labute approximate surface area is 115 Å². The summed E-state index contributed by atoms with van der Waals surface area (Å²) in [5.41, 5.74) is 0. The van der Waals surface area contributed by atoms with E-state index in [9.17, 15) is 9.59 Å². The maximum Gasteiger partial charge on any atom is 0.323 e. The molecule has 1 atom stereocenters. The molecule has 0 spiro atoms. The van der Waals surface area contributed by atoms with Gasteiger partial charge in [-0.25, -0.2) is 4.79 Å². The average Bonchev–Trinajstić information content (AvgIpc) is 3.15. The van der Waals surface area contributed by atoms with Crippen molar-refractivity contribution in [2.75, 3.05) is 13.1 Å². The van der Waals surface area contributed by atoms with Crippen molar-refractivity contribution in [3.8, 4) is 0 Å². The molecule has 1 saturated carbocycles. The molecule has 5 nitrogen and oxygen atoms in total. The van der Waals surface area contributed by atoms with Gasteiger partial charge in [-0.05, 0) is 32.1 Å². The van der Waals surface area contributed by atoms with Crippen LogP contribution in [0, 0.1) is 5.92 Å². The first-order valence-electron chi connectivity index (χ1n) is 7.15. The zero-order valence-electron chi connectivity index (χ0n) is 12.4. The highest BCUT2D eigenvalue weighted by Crippen LogP contribution is 2.29. The van der Waals surface area contributed by atoms with Crippen molar-refractivity contribution in [2.45, 2.75) is 59.0 Å². The number of amides is 2. The summed E-state index contributed by atoms with van der Waals surface area (Å²) < 4.78 is 0. The van der Waals surface area contributed by atoms with Crippen molar-refractivity contribution in [3.05, 3.63) is 0 Å². The summed E-state index contributed by atoms with van der Waals surface area (Å²) in [6, 6.07) is 0.153. The Morgan fingerprint density at radius 3 is 2.21 bits per heavy atom. The Morgan fingerprint density at radius 1 is 1.26 bits per heavy atom. The maximum absolute atomic E-state index is 12.6. The van der Waals surface area contributed by atoms with Gasteiger partial charge < -0.3 is 14.9 Å². The number of aliphatic carboxylic acids is 1. The number of carboxylic acid groups (broad SMARTS) is 1. The van der Waals surface area contributed by atoms with Gasteiger partial charge in [-0.2, -0.15) is 0 Å². The van der Waals surface area contributed by atoms with E-state index in [1.54, 1.807) is 0 Å². The number of carbonyl (C=O) groups excluding carboxylic acids is 1. The Morgan fingerprint density at radius 2 is 1.84 bits per heavy atom. The SMILES string of the molecule is CCC(C)N(CC(=O)O)C(=O)N(CC(C)C)C1CC1. The molecular weight excluding hydrogens is 244 g/mol.